The second-order valence-electron chi connectivity index (χ2n) is 6.72. The molecular formula is C19H23FN2O3. The number of pyridine rings is 1. The van der Waals surface area contributed by atoms with Gasteiger partial charge in [-0.25, -0.2) is 9.18 Å². The molecule has 0 unspecified atom stereocenters. The number of aromatic nitrogens is 1. The van der Waals surface area contributed by atoms with Crippen LogP contribution in [0.25, 0.3) is 10.9 Å². The largest absolute Gasteiger partial charge is 0.488 e. The normalized spacial score (nSPS) is 15.6. The van der Waals surface area contributed by atoms with Gasteiger partial charge in [0.25, 0.3) is 0 Å². The SMILES string of the molecule is CC(C)COC(=O)N1CCC(Oc2ccc(F)c3cccnc23)CC1. The first-order valence-electron chi connectivity index (χ1n) is 8.66. The Balaban J connectivity index is 1.60. The van der Waals surface area contributed by atoms with E-state index in [4.69, 9.17) is 9.47 Å². The molecule has 1 fully saturated rings. The van der Waals surface area contributed by atoms with E-state index < -0.39 is 0 Å². The molecule has 2 heterocycles. The molecule has 134 valence electrons. The van der Waals surface area contributed by atoms with Gasteiger partial charge < -0.3 is 14.4 Å². The highest BCUT2D eigenvalue weighted by atomic mass is 19.1. The van der Waals surface area contributed by atoms with Crippen molar-refractivity contribution in [2.75, 3.05) is 19.7 Å². The number of fused-ring (bicyclic) bond motifs is 1. The van der Waals surface area contributed by atoms with Crippen LogP contribution in [0.5, 0.6) is 5.75 Å². The van der Waals surface area contributed by atoms with E-state index in [9.17, 15) is 9.18 Å². The third-order valence-corrected chi connectivity index (χ3v) is 4.21. The number of ether oxygens (including phenoxy) is 2. The van der Waals surface area contributed by atoms with Gasteiger partial charge in [0.2, 0.25) is 0 Å². The van der Waals surface area contributed by atoms with Crippen LogP contribution >= 0.6 is 0 Å². The molecular weight excluding hydrogens is 323 g/mol. The molecule has 2 aromatic rings. The number of carbonyl (C=O) groups excluding carboxylic acids is 1. The Hall–Kier alpha value is -2.37. The maximum absolute atomic E-state index is 13.9. The first kappa shape index (κ1) is 17.5. The Morgan fingerprint density at radius 2 is 2.08 bits per heavy atom. The maximum Gasteiger partial charge on any atom is 0.409 e. The van der Waals surface area contributed by atoms with E-state index in [2.05, 4.69) is 4.98 Å². The first-order valence-corrected chi connectivity index (χ1v) is 8.66. The minimum Gasteiger partial charge on any atom is -0.488 e. The van der Waals surface area contributed by atoms with Gasteiger partial charge in [-0.15, -0.1) is 0 Å². The van der Waals surface area contributed by atoms with Crippen molar-refractivity contribution in [1.82, 2.24) is 9.88 Å². The van der Waals surface area contributed by atoms with Crippen LogP contribution in [0.1, 0.15) is 26.7 Å². The summed E-state index contributed by atoms with van der Waals surface area (Å²) in [5, 5.41) is 0.453. The van der Waals surface area contributed by atoms with E-state index in [0.717, 1.165) is 0 Å². The molecule has 0 aliphatic carbocycles. The Bertz CT molecular complexity index is 743. The summed E-state index contributed by atoms with van der Waals surface area (Å²) in [4.78, 5) is 17.9. The smallest absolute Gasteiger partial charge is 0.409 e. The number of nitrogens with zero attached hydrogens (tertiary/aromatic N) is 2. The molecule has 1 aromatic carbocycles. The van der Waals surface area contributed by atoms with Gasteiger partial charge in [0, 0.05) is 37.5 Å². The van der Waals surface area contributed by atoms with Crippen molar-refractivity contribution in [3.05, 3.63) is 36.3 Å². The van der Waals surface area contributed by atoms with Crippen molar-refractivity contribution in [2.24, 2.45) is 5.92 Å². The molecule has 0 spiro atoms. The summed E-state index contributed by atoms with van der Waals surface area (Å²) in [5.74, 6) is 0.597. The van der Waals surface area contributed by atoms with Crippen molar-refractivity contribution in [2.45, 2.75) is 32.8 Å². The highest BCUT2D eigenvalue weighted by Gasteiger charge is 2.25. The molecule has 1 aliphatic heterocycles. The van der Waals surface area contributed by atoms with Crippen molar-refractivity contribution < 1.29 is 18.7 Å². The quantitative estimate of drug-likeness (QED) is 0.839. The third-order valence-electron chi connectivity index (χ3n) is 4.21. The van der Waals surface area contributed by atoms with Gasteiger partial charge in [-0.1, -0.05) is 13.8 Å². The average molecular weight is 346 g/mol. The number of piperidine rings is 1. The topological polar surface area (TPSA) is 51.7 Å². The summed E-state index contributed by atoms with van der Waals surface area (Å²) in [5.41, 5.74) is 0.529. The van der Waals surface area contributed by atoms with Crippen LogP contribution in [0.3, 0.4) is 0 Å². The number of amides is 1. The number of likely N-dealkylation sites (tertiary alicyclic amines) is 1. The molecule has 0 radical (unpaired) electrons. The van der Waals surface area contributed by atoms with E-state index in [1.54, 1.807) is 29.3 Å². The molecule has 0 N–H and O–H groups in total. The highest BCUT2D eigenvalue weighted by Crippen LogP contribution is 2.28. The van der Waals surface area contributed by atoms with E-state index in [1.807, 2.05) is 13.8 Å². The van der Waals surface area contributed by atoms with Gasteiger partial charge >= 0.3 is 6.09 Å². The van der Waals surface area contributed by atoms with Crippen molar-refractivity contribution in [1.29, 1.82) is 0 Å². The monoisotopic (exact) mass is 346 g/mol. The molecule has 25 heavy (non-hydrogen) atoms. The third kappa shape index (κ3) is 4.18. The number of halogens is 1. The molecule has 1 amide bonds. The number of carbonyl (C=O) groups is 1. The summed E-state index contributed by atoms with van der Waals surface area (Å²) in [6.45, 7) is 5.63. The fourth-order valence-corrected chi connectivity index (χ4v) is 2.87. The van der Waals surface area contributed by atoms with Gasteiger partial charge in [-0.3, -0.25) is 4.98 Å². The van der Waals surface area contributed by atoms with E-state index >= 15 is 0 Å². The number of hydrogen-bond acceptors (Lipinski definition) is 4. The van der Waals surface area contributed by atoms with Gasteiger partial charge in [0.05, 0.1) is 6.61 Å². The standard InChI is InChI=1S/C19H23FN2O3/c1-13(2)12-24-19(23)22-10-7-14(8-11-22)25-17-6-5-16(20)15-4-3-9-21-18(15)17/h3-6,9,13-14H,7-8,10-12H2,1-2H3. The maximum atomic E-state index is 13.9. The number of hydrogen-bond donors (Lipinski definition) is 0. The van der Waals surface area contributed by atoms with Gasteiger partial charge in [-0.05, 0) is 30.2 Å². The van der Waals surface area contributed by atoms with Gasteiger partial charge in [0.1, 0.15) is 23.2 Å². The van der Waals surface area contributed by atoms with Crippen LogP contribution in [-0.2, 0) is 4.74 Å². The minimum atomic E-state index is -0.307. The molecule has 0 bridgehead atoms. The lowest BCUT2D eigenvalue weighted by Crippen LogP contribution is -2.42. The second kappa shape index (κ2) is 7.68. The summed E-state index contributed by atoms with van der Waals surface area (Å²) >= 11 is 0. The van der Waals surface area contributed by atoms with Gasteiger partial charge in [0.15, 0.2) is 0 Å². The fraction of sp³-hybridized carbons (Fsp3) is 0.474. The van der Waals surface area contributed by atoms with Crippen LogP contribution in [0.15, 0.2) is 30.5 Å². The zero-order valence-corrected chi connectivity index (χ0v) is 14.6. The lowest BCUT2D eigenvalue weighted by molar-refractivity contribution is 0.0621. The predicted molar refractivity (Wildman–Crippen MR) is 93.1 cm³/mol. The average Bonchev–Trinajstić information content (AvgIpc) is 2.63. The Morgan fingerprint density at radius 1 is 1.32 bits per heavy atom. The molecule has 3 rings (SSSR count). The molecule has 0 saturated carbocycles. The molecule has 1 aromatic heterocycles. The lowest BCUT2D eigenvalue weighted by atomic mass is 10.1. The highest BCUT2D eigenvalue weighted by molar-refractivity contribution is 5.84. The van der Waals surface area contributed by atoms with E-state index in [1.165, 1.54) is 6.07 Å². The van der Waals surface area contributed by atoms with Crippen LogP contribution < -0.4 is 4.74 Å². The van der Waals surface area contributed by atoms with Crippen LogP contribution in [0.2, 0.25) is 0 Å². The summed E-state index contributed by atoms with van der Waals surface area (Å²) < 4.78 is 25.2. The van der Waals surface area contributed by atoms with E-state index in [0.29, 0.717) is 55.1 Å². The lowest BCUT2D eigenvalue weighted by Gasteiger charge is -2.31. The second-order valence-corrected chi connectivity index (χ2v) is 6.72. The molecule has 0 atom stereocenters. The first-order chi connectivity index (χ1) is 12.0. The Morgan fingerprint density at radius 3 is 2.80 bits per heavy atom. The summed E-state index contributed by atoms with van der Waals surface area (Å²) in [6, 6.07) is 6.42. The molecule has 5 nitrogen and oxygen atoms in total. The van der Waals surface area contributed by atoms with Gasteiger partial charge in [-0.2, -0.15) is 0 Å². The Kier molecular flexibility index (Phi) is 5.36. The summed E-state index contributed by atoms with van der Waals surface area (Å²) in [7, 11) is 0. The summed E-state index contributed by atoms with van der Waals surface area (Å²) in [6.07, 6.45) is 2.76. The number of rotatable bonds is 4. The van der Waals surface area contributed by atoms with Crippen molar-refractivity contribution >= 4 is 17.0 Å². The Labute approximate surface area is 146 Å². The fourth-order valence-electron chi connectivity index (χ4n) is 2.87. The zero-order chi connectivity index (χ0) is 17.8. The number of benzene rings is 1. The van der Waals surface area contributed by atoms with Crippen LogP contribution in [0.4, 0.5) is 9.18 Å². The molecule has 1 aliphatic rings. The van der Waals surface area contributed by atoms with Crippen LogP contribution in [-0.4, -0.2) is 41.8 Å². The van der Waals surface area contributed by atoms with E-state index in [-0.39, 0.29) is 18.0 Å². The van der Waals surface area contributed by atoms with Crippen molar-refractivity contribution in [3.8, 4) is 5.75 Å². The van der Waals surface area contributed by atoms with Crippen LogP contribution in [0, 0.1) is 11.7 Å². The zero-order valence-electron chi connectivity index (χ0n) is 14.6. The minimum absolute atomic E-state index is 0.0233. The van der Waals surface area contributed by atoms with Crippen molar-refractivity contribution in [3.63, 3.8) is 0 Å². The molecule has 6 heteroatoms. The molecule has 1 saturated heterocycles. The predicted octanol–water partition coefficient (Wildman–Crippen LogP) is 4.01.